The number of rotatable bonds is 6. The molecule has 1 aromatic rings. The van der Waals surface area contributed by atoms with Gasteiger partial charge >= 0.3 is 0 Å². The van der Waals surface area contributed by atoms with E-state index in [0.29, 0.717) is 16.9 Å². The highest BCUT2D eigenvalue weighted by Gasteiger charge is 2.16. The molecule has 0 unspecified atom stereocenters. The summed E-state index contributed by atoms with van der Waals surface area (Å²) in [4.78, 5) is 0. The van der Waals surface area contributed by atoms with Gasteiger partial charge in [-0.3, -0.25) is 0 Å². The SMILES string of the molecule is COc1cc(CS(=O)(=O)CCS(C)(=O)=O)ccc1C#N. The predicted octanol–water partition coefficient (Wildman–Crippen LogP) is 0.526. The van der Waals surface area contributed by atoms with E-state index in [4.69, 9.17) is 10.00 Å². The zero-order chi connectivity index (χ0) is 15.4. The van der Waals surface area contributed by atoms with Gasteiger partial charge in [0.15, 0.2) is 9.84 Å². The Kier molecular flexibility index (Phi) is 5.14. The molecule has 0 radical (unpaired) electrons. The monoisotopic (exact) mass is 317 g/mol. The maximum Gasteiger partial charge on any atom is 0.155 e. The summed E-state index contributed by atoms with van der Waals surface area (Å²) >= 11 is 0. The Morgan fingerprint density at radius 3 is 2.35 bits per heavy atom. The van der Waals surface area contributed by atoms with Crippen LogP contribution >= 0.6 is 0 Å². The Labute approximate surface area is 118 Å². The Bertz CT molecular complexity index is 730. The first-order valence-corrected chi connectivity index (χ1v) is 9.50. The van der Waals surface area contributed by atoms with Crippen molar-refractivity contribution in [1.29, 1.82) is 5.26 Å². The molecular weight excluding hydrogens is 302 g/mol. The van der Waals surface area contributed by atoms with E-state index in [1.807, 2.05) is 6.07 Å². The smallest absolute Gasteiger partial charge is 0.155 e. The van der Waals surface area contributed by atoms with Crippen LogP contribution in [0, 0.1) is 11.3 Å². The fourth-order valence-corrected chi connectivity index (χ4v) is 4.58. The van der Waals surface area contributed by atoms with Gasteiger partial charge in [-0.25, -0.2) is 16.8 Å². The van der Waals surface area contributed by atoms with Gasteiger partial charge in [0, 0.05) is 6.26 Å². The molecule has 0 aromatic heterocycles. The van der Waals surface area contributed by atoms with Crippen LogP contribution in [0.25, 0.3) is 0 Å². The number of nitriles is 1. The summed E-state index contributed by atoms with van der Waals surface area (Å²) in [5.41, 5.74) is 0.763. The van der Waals surface area contributed by atoms with E-state index in [2.05, 4.69) is 0 Å². The van der Waals surface area contributed by atoms with Crippen molar-refractivity contribution in [3.8, 4) is 11.8 Å². The van der Waals surface area contributed by atoms with E-state index in [0.717, 1.165) is 6.26 Å². The lowest BCUT2D eigenvalue weighted by molar-refractivity contribution is 0.413. The van der Waals surface area contributed by atoms with E-state index in [1.165, 1.54) is 25.3 Å². The van der Waals surface area contributed by atoms with E-state index in [9.17, 15) is 16.8 Å². The van der Waals surface area contributed by atoms with Gasteiger partial charge < -0.3 is 4.74 Å². The third-order valence-corrected chi connectivity index (χ3v) is 5.34. The zero-order valence-electron chi connectivity index (χ0n) is 11.2. The van der Waals surface area contributed by atoms with Crippen molar-refractivity contribution in [2.24, 2.45) is 0 Å². The van der Waals surface area contributed by atoms with Crippen LogP contribution in [0.4, 0.5) is 0 Å². The molecule has 110 valence electrons. The highest BCUT2D eigenvalue weighted by atomic mass is 32.2. The summed E-state index contributed by atoms with van der Waals surface area (Å²) in [6.45, 7) is 0. The number of hydrogen-bond donors (Lipinski definition) is 0. The molecule has 8 heteroatoms. The summed E-state index contributed by atoms with van der Waals surface area (Å²) in [5.74, 6) is -0.815. The van der Waals surface area contributed by atoms with Crippen LogP contribution in [0.1, 0.15) is 11.1 Å². The molecule has 0 heterocycles. The van der Waals surface area contributed by atoms with Gasteiger partial charge in [-0.1, -0.05) is 6.07 Å². The molecule has 0 spiro atoms. The molecule has 0 saturated carbocycles. The van der Waals surface area contributed by atoms with Gasteiger partial charge in [-0.2, -0.15) is 5.26 Å². The van der Waals surface area contributed by atoms with Crippen LogP contribution in [0.5, 0.6) is 5.75 Å². The summed E-state index contributed by atoms with van der Waals surface area (Å²) in [5, 5.41) is 8.83. The molecule has 0 atom stereocenters. The minimum absolute atomic E-state index is 0.287. The molecule has 0 saturated heterocycles. The number of benzene rings is 1. The van der Waals surface area contributed by atoms with Crippen molar-refractivity contribution < 1.29 is 21.6 Å². The van der Waals surface area contributed by atoms with Crippen molar-refractivity contribution in [2.45, 2.75) is 5.75 Å². The largest absolute Gasteiger partial charge is 0.495 e. The molecule has 0 fully saturated rings. The number of nitrogens with zero attached hydrogens (tertiary/aromatic N) is 1. The van der Waals surface area contributed by atoms with Crippen molar-refractivity contribution in [3.63, 3.8) is 0 Å². The van der Waals surface area contributed by atoms with Crippen LogP contribution < -0.4 is 4.74 Å². The maximum absolute atomic E-state index is 11.8. The van der Waals surface area contributed by atoms with E-state index in [-0.39, 0.29) is 5.75 Å². The normalized spacial score (nSPS) is 11.8. The Balaban J connectivity index is 2.91. The molecule has 0 bridgehead atoms. The lowest BCUT2D eigenvalue weighted by Gasteiger charge is -2.07. The molecule has 0 aliphatic heterocycles. The first-order valence-electron chi connectivity index (χ1n) is 5.62. The van der Waals surface area contributed by atoms with Crippen LogP contribution in [0.15, 0.2) is 18.2 Å². The van der Waals surface area contributed by atoms with Gasteiger partial charge in [0.2, 0.25) is 0 Å². The maximum atomic E-state index is 11.8. The molecular formula is C12H15NO5S2. The fraction of sp³-hybridized carbons (Fsp3) is 0.417. The lowest BCUT2D eigenvalue weighted by Crippen LogP contribution is -2.17. The fourth-order valence-electron chi connectivity index (χ4n) is 1.52. The number of methoxy groups -OCH3 is 1. The zero-order valence-corrected chi connectivity index (χ0v) is 12.8. The van der Waals surface area contributed by atoms with E-state index < -0.39 is 31.2 Å². The third kappa shape index (κ3) is 5.19. The topological polar surface area (TPSA) is 101 Å². The van der Waals surface area contributed by atoms with Crippen LogP contribution in [-0.4, -0.2) is 41.7 Å². The van der Waals surface area contributed by atoms with E-state index in [1.54, 1.807) is 0 Å². The predicted molar refractivity (Wildman–Crippen MR) is 74.9 cm³/mol. The Morgan fingerprint density at radius 1 is 1.20 bits per heavy atom. The van der Waals surface area contributed by atoms with Gasteiger partial charge in [-0.05, 0) is 17.7 Å². The average molecular weight is 317 g/mol. The number of ether oxygens (including phenoxy) is 1. The van der Waals surface area contributed by atoms with Crippen LogP contribution in [-0.2, 0) is 25.4 Å². The van der Waals surface area contributed by atoms with Crippen molar-refractivity contribution in [3.05, 3.63) is 29.3 Å². The molecule has 1 aromatic carbocycles. The standard InChI is InChI=1S/C12H15NO5S2/c1-18-12-7-10(3-4-11(12)8-13)9-20(16,17)6-5-19(2,14)15/h3-4,7H,5-6,9H2,1-2H3. The van der Waals surface area contributed by atoms with Crippen molar-refractivity contribution in [1.82, 2.24) is 0 Å². The summed E-state index contributed by atoms with van der Waals surface area (Å²) in [7, 11) is -5.46. The van der Waals surface area contributed by atoms with Gasteiger partial charge in [0.05, 0.1) is 29.9 Å². The first kappa shape index (κ1) is 16.5. The second-order valence-electron chi connectivity index (χ2n) is 4.37. The molecule has 6 nitrogen and oxygen atoms in total. The minimum atomic E-state index is -3.53. The Morgan fingerprint density at radius 2 is 1.85 bits per heavy atom. The molecule has 0 aliphatic rings. The quantitative estimate of drug-likeness (QED) is 0.758. The van der Waals surface area contributed by atoms with Crippen LogP contribution in [0.2, 0.25) is 0 Å². The second-order valence-corrected chi connectivity index (χ2v) is 8.81. The van der Waals surface area contributed by atoms with Gasteiger partial charge in [0.25, 0.3) is 0 Å². The lowest BCUT2D eigenvalue weighted by atomic mass is 10.1. The number of sulfone groups is 2. The molecule has 0 amide bonds. The minimum Gasteiger partial charge on any atom is -0.495 e. The Hall–Kier alpha value is -1.59. The van der Waals surface area contributed by atoms with Crippen molar-refractivity contribution in [2.75, 3.05) is 24.9 Å². The van der Waals surface area contributed by atoms with Gasteiger partial charge in [-0.15, -0.1) is 0 Å². The highest BCUT2D eigenvalue weighted by molar-refractivity contribution is 7.94. The number of hydrogen-bond acceptors (Lipinski definition) is 6. The van der Waals surface area contributed by atoms with E-state index >= 15 is 0 Å². The molecule has 0 aliphatic carbocycles. The molecule has 1 rings (SSSR count). The average Bonchev–Trinajstić information content (AvgIpc) is 2.35. The first-order chi connectivity index (χ1) is 9.17. The summed E-state index contributed by atoms with van der Waals surface area (Å²) < 4.78 is 50.6. The molecule has 20 heavy (non-hydrogen) atoms. The summed E-state index contributed by atoms with van der Waals surface area (Å²) in [6.07, 6.45) is 0.993. The highest BCUT2D eigenvalue weighted by Crippen LogP contribution is 2.20. The third-order valence-electron chi connectivity index (χ3n) is 2.54. The second kappa shape index (κ2) is 6.24. The van der Waals surface area contributed by atoms with Gasteiger partial charge in [0.1, 0.15) is 21.7 Å². The van der Waals surface area contributed by atoms with Crippen LogP contribution in [0.3, 0.4) is 0 Å². The molecule has 0 N–H and O–H groups in total. The summed E-state index contributed by atoms with van der Waals surface area (Å²) in [6, 6.07) is 6.38. The van der Waals surface area contributed by atoms with Crippen molar-refractivity contribution >= 4 is 19.7 Å².